The first-order valence-corrected chi connectivity index (χ1v) is 12.8. The highest BCUT2D eigenvalue weighted by Gasteiger charge is 2.64. The number of nitrogens with zero attached hydrogens (tertiary/aromatic N) is 3. The molecule has 4 N–H and O–H groups in total. The summed E-state index contributed by atoms with van der Waals surface area (Å²) in [6.07, 6.45) is 8.91. The topological polar surface area (TPSA) is 127 Å². The van der Waals surface area contributed by atoms with Crippen LogP contribution in [-0.4, -0.2) is 31.2 Å². The molecule has 0 aromatic carbocycles. The average molecular weight is 446 g/mol. The Morgan fingerprint density at radius 1 is 1.19 bits per heavy atom. The molecule has 0 unspecified atom stereocenters. The van der Waals surface area contributed by atoms with Gasteiger partial charge in [-0.05, 0) is 103 Å². The molecule has 4 saturated carbocycles. The number of methoxy groups -OCH3 is 1. The Morgan fingerprint density at radius 2 is 1.94 bits per heavy atom. The van der Waals surface area contributed by atoms with E-state index >= 15 is 0 Å². The Balaban J connectivity index is 1.57. The number of nitrogens with two attached hydrogens (primary N) is 2. The van der Waals surface area contributed by atoms with Gasteiger partial charge in [0.2, 0.25) is 0 Å². The minimum absolute atomic E-state index is 0.0832. The third-order valence-corrected chi connectivity index (χ3v) is 11.0. The highest BCUT2D eigenvalue weighted by atomic mass is 16.5. The highest BCUT2D eigenvalue weighted by Crippen LogP contribution is 2.67. The average Bonchev–Trinajstić information content (AvgIpc) is 3.12. The standard InChI is InChI=1S/C25H43N5O2/c1-14(5-8-22(31)32-4)17-6-7-18-23-19(13-21(27)25(17,18)3)24(2)10-9-16(29-30-28)11-15(24)12-20(23)26/h14-21,23H,5-13,26-27H2,1-4H3/t14-,15+,16-,17-,18+,19+,20-,21+,23+,24+,25-/m1/s1. The Hall–Kier alpha value is -1.30. The summed E-state index contributed by atoms with van der Waals surface area (Å²) in [5.74, 6) is 3.03. The van der Waals surface area contributed by atoms with E-state index in [-0.39, 0.29) is 34.9 Å². The van der Waals surface area contributed by atoms with E-state index in [1.165, 1.54) is 20.0 Å². The molecule has 4 aliphatic carbocycles. The highest BCUT2D eigenvalue weighted by molar-refractivity contribution is 5.69. The normalized spacial score (nSPS) is 48.6. The van der Waals surface area contributed by atoms with Crippen molar-refractivity contribution in [3.63, 3.8) is 0 Å². The van der Waals surface area contributed by atoms with Crippen LogP contribution in [-0.2, 0) is 9.53 Å². The molecule has 32 heavy (non-hydrogen) atoms. The third-order valence-electron chi connectivity index (χ3n) is 11.0. The number of esters is 1. The van der Waals surface area contributed by atoms with Gasteiger partial charge in [-0.1, -0.05) is 25.9 Å². The number of carbonyl (C=O) groups is 1. The van der Waals surface area contributed by atoms with E-state index in [1.807, 2.05) is 0 Å². The summed E-state index contributed by atoms with van der Waals surface area (Å²) in [5, 5.41) is 4.06. The van der Waals surface area contributed by atoms with E-state index in [2.05, 4.69) is 30.8 Å². The largest absolute Gasteiger partial charge is 0.469 e. The predicted molar refractivity (Wildman–Crippen MR) is 125 cm³/mol. The number of hydrogen-bond donors (Lipinski definition) is 2. The van der Waals surface area contributed by atoms with Gasteiger partial charge in [0.1, 0.15) is 0 Å². The second-order valence-electron chi connectivity index (χ2n) is 12.0. The monoisotopic (exact) mass is 445 g/mol. The molecular weight excluding hydrogens is 402 g/mol. The van der Waals surface area contributed by atoms with Gasteiger partial charge < -0.3 is 16.2 Å². The number of fused-ring (bicyclic) bond motifs is 5. The first-order valence-electron chi connectivity index (χ1n) is 12.8. The van der Waals surface area contributed by atoms with Crippen molar-refractivity contribution >= 4 is 5.97 Å². The van der Waals surface area contributed by atoms with Crippen molar-refractivity contribution in [1.82, 2.24) is 0 Å². The predicted octanol–water partition coefficient (Wildman–Crippen LogP) is 4.79. The second-order valence-corrected chi connectivity index (χ2v) is 12.0. The van der Waals surface area contributed by atoms with Crippen LogP contribution >= 0.6 is 0 Å². The molecule has 0 aromatic rings. The van der Waals surface area contributed by atoms with Gasteiger partial charge >= 0.3 is 5.97 Å². The summed E-state index contributed by atoms with van der Waals surface area (Å²) in [6, 6.07) is 0.485. The molecular formula is C25H43N5O2. The summed E-state index contributed by atoms with van der Waals surface area (Å²) < 4.78 is 4.88. The van der Waals surface area contributed by atoms with Crippen molar-refractivity contribution in [1.29, 1.82) is 0 Å². The first kappa shape index (κ1) is 23.8. The second kappa shape index (κ2) is 8.81. The van der Waals surface area contributed by atoms with Crippen LogP contribution in [0.1, 0.15) is 78.6 Å². The Morgan fingerprint density at radius 3 is 2.62 bits per heavy atom. The van der Waals surface area contributed by atoms with Crippen molar-refractivity contribution in [2.75, 3.05) is 7.11 Å². The molecule has 0 aliphatic heterocycles. The van der Waals surface area contributed by atoms with Crippen LogP contribution in [0.3, 0.4) is 0 Å². The zero-order valence-electron chi connectivity index (χ0n) is 20.4. The van der Waals surface area contributed by atoms with Crippen LogP contribution in [0.4, 0.5) is 0 Å². The molecule has 0 radical (unpaired) electrons. The van der Waals surface area contributed by atoms with E-state index in [0.29, 0.717) is 41.9 Å². The van der Waals surface area contributed by atoms with Crippen molar-refractivity contribution in [3.8, 4) is 0 Å². The summed E-state index contributed by atoms with van der Waals surface area (Å²) in [4.78, 5) is 14.8. The molecule has 11 atom stereocenters. The van der Waals surface area contributed by atoms with Crippen LogP contribution in [0.15, 0.2) is 5.11 Å². The van der Waals surface area contributed by atoms with Gasteiger partial charge in [-0.25, -0.2) is 0 Å². The van der Waals surface area contributed by atoms with E-state index in [4.69, 9.17) is 21.7 Å². The third kappa shape index (κ3) is 3.65. The lowest BCUT2D eigenvalue weighted by atomic mass is 9.42. The molecule has 0 aromatic heterocycles. The molecule has 7 heteroatoms. The van der Waals surface area contributed by atoms with Crippen molar-refractivity contribution in [2.45, 2.75) is 96.7 Å². The van der Waals surface area contributed by atoms with Gasteiger partial charge in [-0.2, -0.15) is 0 Å². The number of carbonyl (C=O) groups excluding carboxylic acids is 1. The lowest BCUT2D eigenvalue weighted by molar-refractivity contribution is -0.142. The summed E-state index contributed by atoms with van der Waals surface area (Å²) in [6.45, 7) is 7.22. The van der Waals surface area contributed by atoms with Crippen molar-refractivity contribution in [2.24, 2.45) is 62.9 Å². The summed E-state index contributed by atoms with van der Waals surface area (Å²) >= 11 is 0. The molecule has 4 fully saturated rings. The zero-order valence-corrected chi connectivity index (χ0v) is 20.4. The fourth-order valence-corrected chi connectivity index (χ4v) is 9.14. The number of ether oxygens (including phenoxy) is 1. The van der Waals surface area contributed by atoms with Crippen molar-refractivity contribution < 1.29 is 9.53 Å². The van der Waals surface area contributed by atoms with Gasteiger partial charge in [-0.15, -0.1) is 0 Å². The lowest BCUT2D eigenvalue weighted by Crippen LogP contribution is -2.65. The number of rotatable bonds is 5. The maximum Gasteiger partial charge on any atom is 0.305 e. The minimum Gasteiger partial charge on any atom is -0.469 e. The molecule has 0 saturated heterocycles. The quantitative estimate of drug-likeness (QED) is 0.273. The summed E-state index contributed by atoms with van der Waals surface area (Å²) in [5.41, 5.74) is 23.3. The Kier molecular flexibility index (Phi) is 6.56. The molecule has 0 bridgehead atoms. The van der Waals surface area contributed by atoms with E-state index in [0.717, 1.165) is 38.5 Å². The van der Waals surface area contributed by atoms with Crippen LogP contribution in [0.25, 0.3) is 10.4 Å². The number of azide groups is 1. The van der Waals surface area contributed by atoms with E-state index in [1.54, 1.807) is 0 Å². The fraction of sp³-hybridized carbons (Fsp3) is 0.960. The van der Waals surface area contributed by atoms with Gasteiger partial charge in [0.15, 0.2) is 0 Å². The molecule has 0 spiro atoms. The fourth-order valence-electron chi connectivity index (χ4n) is 9.14. The molecule has 4 aliphatic rings. The molecule has 0 heterocycles. The van der Waals surface area contributed by atoms with Crippen LogP contribution in [0.2, 0.25) is 0 Å². The van der Waals surface area contributed by atoms with Crippen molar-refractivity contribution in [3.05, 3.63) is 10.4 Å². The molecule has 7 nitrogen and oxygen atoms in total. The van der Waals surface area contributed by atoms with Crippen LogP contribution < -0.4 is 11.5 Å². The van der Waals surface area contributed by atoms with Crippen LogP contribution in [0.5, 0.6) is 0 Å². The smallest absolute Gasteiger partial charge is 0.305 e. The Labute approximate surface area is 193 Å². The van der Waals surface area contributed by atoms with Gasteiger partial charge in [0.05, 0.1) is 7.11 Å². The first-order chi connectivity index (χ1) is 15.2. The molecule has 4 rings (SSSR count). The maximum atomic E-state index is 11.7. The van der Waals surface area contributed by atoms with Gasteiger partial charge in [0, 0.05) is 29.5 Å². The zero-order chi connectivity index (χ0) is 23.3. The van der Waals surface area contributed by atoms with E-state index < -0.39 is 0 Å². The minimum atomic E-state index is -0.117. The SMILES string of the molecule is COC(=O)CC[C@@H](C)[C@H]1CC[C@H]2[C@@H]3[C@H](N)C[C@@H]4C[C@H](N=[N+]=[N-])CC[C@]4(C)[C@H]3C[C@H](N)[C@]12C. The Bertz CT molecular complexity index is 769. The van der Waals surface area contributed by atoms with E-state index in [9.17, 15) is 4.79 Å². The van der Waals surface area contributed by atoms with Crippen LogP contribution in [0, 0.1) is 46.3 Å². The maximum absolute atomic E-state index is 11.7. The molecule has 0 amide bonds. The lowest BCUT2D eigenvalue weighted by Gasteiger charge is -2.64. The number of hydrogen-bond acceptors (Lipinski definition) is 5. The summed E-state index contributed by atoms with van der Waals surface area (Å²) in [7, 11) is 1.47. The molecule has 180 valence electrons. The van der Waals surface area contributed by atoms with Gasteiger partial charge in [0.25, 0.3) is 0 Å². The van der Waals surface area contributed by atoms with Gasteiger partial charge in [-0.3, -0.25) is 4.79 Å².